The minimum Gasteiger partial charge on any atom is -0.386 e. The predicted octanol–water partition coefficient (Wildman–Crippen LogP) is -1.80. The SMILES string of the molecule is C[C@]1(O)[C@H](n2ccc(N)nc2=O)O[C@](C=N)(COP(=O)(O)OP(=O)(O)OP(=O)(O)O)[C@H]1O. The topological polar surface area (TPSA) is 294 Å². The second-order valence-corrected chi connectivity index (χ2v) is 11.0. The van der Waals surface area contributed by atoms with E-state index < -0.39 is 59.3 Å². The van der Waals surface area contributed by atoms with E-state index in [0.29, 0.717) is 10.8 Å². The first-order valence-electron chi connectivity index (χ1n) is 8.07. The van der Waals surface area contributed by atoms with Crippen LogP contribution in [0.15, 0.2) is 17.1 Å². The Bertz CT molecular complexity index is 1090. The summed E-state index contributed by atoms with van der Waals surface area (Å²) < 4.78 is 51.6. The maximum Gasteiger partial charge on any atom is 0.490 e. The number of phosphoric ester groups is 1. The number of phosphoric acid groups is 3. The summed E-state index contributed by atoms with van der Waals surface area (Å²) in [5.41, 5.74) is -0.378. The zero-order chi connectivity index (χ0) is 24.8. The number of aliphatic hydroxyl groups excluding tert-OH is 1. The number of nitrogens with two attached hydrogens (primary N) is 1. The molecule has 21 heteroatoms. The van der Waals surface area contributed by atoms with Gasteiger partial charge in [-0.2, -0.15) is 13.6 Å². The lowest BCUT2D eigenvalue weighted by atomic mass is 9.88. The van der Waals surface area contributed by atoms with Crippen molar-refractivity contribution < 1.29 is 61.4 Å². The summed E-state index contributed by atoms with van der Waals surface area (Å²) in [6.45, 7) is -0.285. The molecule has 0 aromatic carbocycles. The Morgan fingerprint density at radius 1 is 1.28 bits per heavy atom. The summed E-state index contributed by atoms with van der Waals surface area (Å²) in [6.07, 6.45) is -2.40. The average Bonchev–Trinajstić information content (AvgIpc) is 2.78. The number of nitrogen functional groups attached to an aromatic ring is 1. The summed E-state index contributed by atoms with van der Waals surface area (Å²) in [5, 5.41) is 28.7. The van der Waals surface area contributed by atoms with E-state index in [2.05, 4.69) is 18.1 Å². The monoisotopic (exact) mass is 524 g/mol. The number of aromatic nitrogens is 2. The zero-order valence-corrected chi connectivity index (χ0v) is 18.5. The van der Waals surface area contributed by atoms with Gasteiger partial charge in [-0.3, -0.25) is 9.09 Å². The number of hydrogen-bond acceptors (Lipinski definition) is 13. The minimum atomic E-state index is -5.82. The molecule has 1 saturated heterocycles. The first kappa shape index (κ1) is 26.9. The third kappa shape index (κ3) is 5.95. The fourth-order valence-electron chi connectivity index (χ4n) is 2.72. The maximum absolute atomic E-state index is 12.1. The van der Waals surface area contributed by atoms with E-state index in [1.807, 2.05) is 0 Å². The van der Waals surface area contributed by atoms with Gasteiger partial charge in [0.1, 0.15) is 17.5 Å². The van der Waals surface area contributed by atoms with Crippen LogP contribution in [0.4, 0.5) is 5.82 Å². The average molecular weight is 524 g/mol. The van der Waals surface area contributed by atoms with Crippen molar-refractivity contribution in [3.05, 3.63) is 22.7 Å². The standard InChI is InChI=1S/C11H19N4O14P3/c1-10(18)7(16)11(4-12,27-8(10)15-3-2-6(13)14-9(15)17)5-26-31(22,23)29-32(24,25)28-30(19,20)21/h2-4,7-8,12,16,18H,5H2,1H3,(H,22,23)(H,24,25)(H2,13,14,17)(H2,19,20,21)/t7-,8+,10+,11+/m0/s1. The van der Waals surface area contributed by atoms with E-state index in [-0.39, 0.29) is 5.82 Å². The zero-order valence-electron chi connectivity index (χ0n) is 15.9. The lowest BCUT2D eigenvalue weighted by Crippen LogP contribution is -2.52. The van der Waals surface area contributed by atoms with E-state index in [0.717, 1.165) is 19.2 Å². The fraction of sp³-hybridized carbons (Fsp3) is 0.545. The molecule has 1 aliphatic heterocycles. The van der Waals surface area contributed by atoms with Gasteiger partial charge in [-0.1, -0.05) is 0 Å². The van der Waals surface area contributed by atoms with E-state index in [9.17, 15) is 33.6 Å². The van der Waals surface area contributed by atoms with Crippen LogP contribution in [0.3, 0.4) is 0 Å². The van der Waals surface area contributed by atoms with Crippen molar-refractivity contribution in [2.24, 2.45) is 0 Å². The first-order chi connectivity index (χ1) is 14.3. The van der Waals surface area contributed by atoms with Crippen LogP contribution in [0.2, 0.25) is 0 Å². The molecule has 2 rings (SSSR count). The lowest BCUT2D eigenvalue weighted by Gasteiger charge is -2.30. The van der Waals surface area contributed by atoms with Crippen LogP contribution < -0.4 is 11.4 Å². The van der Waals surface area contributed by atoms with Gasteiger partial charge >= 0.3 is 29.2 Å². The number of rotatable bonds is 9. The molecule has 32 heavy (non-hydrogen) atoms. The normalized spacial score (nSPS) is 32.2. The van der Waals surface area contributed by atoms with Gasteiger partial charge in [-0.05, 0) is 13.0 Å². The van der Waals surface area contributed by atoms with E-state index in [4.69, 9.17) is 30.6 Å². The summed E-state index contributed by atoms with van der Waals surface area (Å²) in [5.74, 6) is -0.171. The van der Waals surface area contributed by atoms with Crippen LogP contribution in [0.1, 0.15) is 13.2 Å². The summed E-state index contributed by atoms with van der Waals surface area (Å²) in [6, 6.07) is 1.16. The van der Waals surface area contributed by atoms with Gasteiger partial charge in [0, 0.05) is 12.4 Å². The maximum atomic E-state index is 12.1. The Balaban J connectivity index is 2.28. The number of aliphatic hydroxyl groups is 2. The van der Waals surface area contributed by atoms with Crippen LogP contribution in [0, 0.1) is 5.41 Å². The van der Waals surface area contributed by atoms with Crippen LogP contribution in [-0.2, 0) is 31.6 Å². The van der Waals surface area contributed by atoms with Crippen molar-refractivity contribution in [3.63, 3.8) is 0 Å². The molecule has 0 aliphatic carbocycles. The van der Waals surface area contributed by atoms with Gasteiger partial charge < -0.3 is 45.7 Å². The molecule has 2 unspecified atom stereocenters. The number of ether oxygens (including phenoxy) is 1. The van der Waals surface area contributed by atoms with Crippen molar-refractivity contribution in [1.29, 1.82) is 5.41 Å². The fourth-order valence-corrected chi connectivity index (χ4v) is 5.78. The molecule has 6 atom stereocenters. The number of nitrogens with zero attached hydrogens (tertiary/aromatic N) is 2. The highest BCUT2D eigenvalue weighted by Crippen LogP contribution is 2.66. The summed E-state index contributed by atoms with van der Waals surface area (Å²) in [7, 11) is -17.1. The first-order valence-corrected chi connectivity index (χ1v) is 12.6. The molecule has 0 bridgehead atoms. The molecular formula is C11H19N4O14P3. The largest absolute Gasteiger partial charge is 0.490 e. The molecule has 2 heterocycles. The van der Waals surface area contributed by atoms with Gasteiger partial charge in [0.2, 0.25) is 0 Å². The van der Waals surface area contributed by atoms with E-state index >= 15 is 0 Å². The molecule has 0 radical (unpaired) electrons. The molecule has 1 fully saturated rings. The molecule has 1 aromatic rings. The van der Waals surface area contributed by atoms with Gasteiger partial charge in [-0.25, -0.2) is 18.5 Å². The minimum absolute atomic E-state index is 0.171. The molecule has 9 N–H and O–H groups in total. The van der Waals surface area contributed by atoms with Gasteiger partial charge in [0.15, 0.2) is 11.8 Å². The Labute approximate surface area is 178 Å². The van der Waals surface area contributed by atoms with Crippen LogP contribution in [-0.4, -0.2) is 69.5 Å². The van der Waals surface area contributed by atoms with Crippen LogP contribution in [0.25, 0.3) is 0 Å². The van der Waals surface area contributed by atoms with Gasteiger partial charge in [0.25, 0.3) is 0 Å². The van der Waals surface area contributed by atoms with E-state index in [1.54, 1.807) is 0 Å². The van der Waals surface area contributed by atoms with Crippen molar-refractivity contribution in [1.82, 2.24) is 9.55 Å². The molecule has 1 aromatic heterocycles. The van der Waals surface area contributed by atoms with Crippen molar-refractivity contribution in [2.45, 2.75) is 30.5 Å². The second kappa shape index (κ2) is 8.77. The van der Waals surface area contributed by atoms with E-state index in [1.165, 1.54) is 0 Å². The quantitative estimate of drug-likeness (QED) is 0.130. The molecule has 1 aliphatic rings. The number of hydrogen-bond donors (Lipinski definition) is 8. The van der Waals surface area contributed by atoms with Crippen LogP contribution in [0.5, 0.6) is 0 Å². The highest BCUT2D eigenvalue weighted by molar-refractivity contribution is 7.66. The Morgan fingerprint density at radius 2 is 1.88 bits per heavy atom. The Morgan fingerprint density at radius 3 is 2.38 bits per heavy atom. The highest BCUT2D eigenvalue weighted by atomic mass is 31.3. The molecule has 0 spiro atoms. The molecule has 0 amide bonds. The Kier molecular flexibility index (Phi) is 7.37. The predicted molar refractivity (Wildman–Crippen MR) is 101 cm³/mol. The number of anilines is 1. The van der Waals surface area contributed by atoms with Crippen molar-refractivity contribution in [3.8, 4) is 0 Å². The third-order valence-corrected chi connectivity index (χ3v) is 7.85. The summed E-state index contributed by atoms with van der Waals surface area (Å²) >= 11 is 0. The molecule has 0 saturated carbocycles. The summed E-state index contributed by atoms with van der Waals surface area (Å²) in [4.78, 5) is 51.3. The smallest absolute Gasteiger partial charge is 0.386 e. The molecule has 182 valence electrons. The van der Waals surface area contributed by atoms with Gasteiger partial charge in [-0.15, -0.1) is 0 Å². The molecule has 18 nitrogen and oxygen atoms in total. The third-order valence-electron chi connectivity index (χ3n) is 4.07. The molecular weight excluding hydrogens is 505 g/mol. The second-order valence-electron chi connectivity index (χ2n) is 6.60. The van der Waals surface area contributed by atoms with Crippen molar-refractivity contribution in [2.75, 3.05) is 12.3 Å². The Hall–Kier alpha value is -1.36. The number of nitrogens with one attached hydrogen (secondary N) is 1. The lowest BCUT2D eigenvalue weighted by molar-refractivity contribution is -0.104. The van der Waals surface area contributed by atoms with Gasteiger partial charge in [0.05, 0.1) is 6.61 Å². The highest BCUT2D eigenvalue weighted by Gasteiger charge is 2.62. The van der Waals surface area contributed by atoms with Crippen molar-refractivity contribution >= 4 is 35.5 Å². The van der Waals surface area contributed by atoms with Crippen LogP contribution >= 0.6 is 23.5 Å².